The molecule has 1 saturated carbocycles. The zero-order valence-corrected chi connectivity index (χ0v) is 9.92. The first kappa shape index (κ1) is 11.3. The van der Waals surface area contributed by atoms with E-state index in [1.165, 1.54) is 0 Å². The first-order valence-electron chi connectivity index (χ1n) is 5.96. The fourth-order valence-corrected chi connectivity index (χ4v) is 1.89. The van der Waals surface area contributed by atoms with Crippen LogP contribution in [0.5, 0.6) is 0 Å². The van der Waals surface area contributed by atoms with Crippen LogP contribution in [0.2, 0.25) is 0 Å². The van der Waals surface area contributed by atoms with Crippen molar-refractivity contribution in [3.63, 3.8) is 0 Å². The molecule has 4 heteroatoms. The second-order valence-electron chi connectivity index (χ2n) is 4.78. The standard InChI is InChI=1S/C12H19N3O/c1-7(2)11-14-10(8-3-4-8)9(5-6-13)12(16)15-11/h7-8H,3-6,13H2,1-2H3,(H,14,15,16). The van der Waals surface area contributed by atoms with Crippen molar-refractivity contribution < 1.29 is 0 Å². The Labute approximate surface area is 95.3 Å². The van der Waals surface area contributed by atoms with E-state index in [0.717, 1.165) is 29.9 Å². The lowest BCUT2D eigenvalue weighted by Gasteiger charge is -2.10. The Hall–Kier alpha value is -1.16. The number of nitrogens with two attached hydrogens (primary N) is 1. The molecule has 0 atom stereocenters. The molecule has 4 nitrogen and oxygen atoms in total. The van der Waals surface area contributed by atoms with E-state index >= 15 is 0 Å². The Balaban J connectivity index is 2.47. The van der Waals surface area contributed by atoms with Gasteiger partial charge in [0.15, 0.2) is 0 Å². The maximum Gasteiger partial charge on any atom is 0.254 e. The van der Waals surface area contributed by atoms with Crippen LogP contribution in [-0.4, -0.2) is 16.5 Å². The summed E-state index contributed by atoms with van der Waals surface area (Å²) in [4.78, 5) is 19.4. The minimum Gasteiger partial charge on any atom is -0.330 e. The van der Waals surface area contributed by atoms with Gasteiger partial charge < -0.3 is 10.7 Å². The molecule has 0 aliphatic heterocycles. The van der Waals surface area contributed by atoms with Gasteiger partial charge in [-0.1, -0.05) is 13.8 Å². The minimum atomic E-state index is 0.00560. The van der Waals surface area contributed by atoms with Crippen molar-refractivity contribution in [3.05, 3.63) is 27.4 Å². The molecule has 0 amide bonds. The Morgan fingerprint density at radius 2 is 2.19 bits per heavy atom. The summed E-state index contributed by atoms with van der Waals surface area (Å²) in [6.45, 7) is 4.58. The summed E-state index contributed by atoms with van der Waals surface area (Å²) in [6, 6.07) is 0. The highest BCUT2D eigenvalue weighted by atomic mass is 16.1. The van der Waals surface area contributed by atoms with Crippen LogP contribution in [0, 0.1) is 0 Å². The number of hydrogen-bond donors (Lipinski definition) is 2. The van der Waals surface area contributed by atoms with Gasteiger partial charge in [0.25, 0.3) is 5.56 Å². The molecule has 1 heterocycles. The summed E-state index contributed by atoms with van der Waals surface area (Å²) in [6.07, 6.45) is 2.95. The molecule has 1 aromatic rings. The average Bonchev–Trinajstić information content (AvgIpc) is 3.04. The van der Waals surface area contributed by atoms with Gasteiger partial charge in [-0.25, -0.2) is 4.98 Å². The predicted molar refractivity (Wildman–Crippen MR) is 63.7 cm³/mol. The van der Waals surface area contributed by atoms with Crippen LogP contribution < -0.4 is 11.3 Å². The molecule has 0 radical (unpaired) electrons. The van der Waals surface area contributed by atoms with Gasteiger partial charge in [0.2, 0.25) is 0 Å². The van der Waals surface area contributed by atoms with E-state index < -0.39 is 0 Å². The normalized spacial score (nSPS) is 15.8. The van der Waals surface area contributed by atoms with Crippen LogP contribution in [0.25, 0.3) is 0 Å². The average molecular weight is 221 g/mol. The van der Waals surface area contributed by atoms with Crippen LogP contribution in [0.4, 0.5) is 0 Å². The maximum absolute atomic E-state index is 11.9. The first-order valence-corrected chi connectivity index (χ1v) is 5.96. The van der Waals surface area contributed by atoms with Gasteiger partial charge in [0.05, 0.1) is 5.69 Å². The van der Waals surface area contributed by atoms with Crippen molar-refractivity contribution in [2.24, 2.45) is 5.73 Å². The second-order valence-corrected chi connectivity index (χ2v) is 4.78. The fourth-order valence-electron chi connectivity index (χ4n) is 1.89. The number of nitrogens with one attached hydrogen (secondary N) is 1. The maximum atomic E-state index is 11.9. The summed E-state index contributed by atoms with van der Waals surface area (Å²) in [7, 11) is 0. The van der Waals surface area contributed by atoms with Crippen LogP contribution in [-0.2, 0) is 6.42 Å². The lowest BCUT2D eigenvalue weighted by molar-refractivity contribution is 0.732. The monoisotopic (exact) mass is 221 g/mol. The highest BCUT2D eigenvalue weighted by Gasteiger charge is 2.29. The molecular weight excluding hydrogens is 202 g/mol. The fraction of sp³-hybridized carbons (Fsp3) is 0.667. The van der Waals surface area contributed by atoms with Crippen molar-refractivity contribution in [1.29, 1.82) is 0 Å². The molecule has 0 unspecified atom stereocenters. The third kappa shape index (κ3) is 2.16. The lowest BCUT2D eigenvalue weighted by Crippen LogP contribution is -2.23. The largest absolute Gasteiger partial charge is 0.330 e. The highest BCUT2D eigenvalue weighted by Crippen LogP contribution is 2.40. The van der Waals surface area contributed by atoms with Gasteiger partial charge in [-0.3, -0.25) is 4.79 Å². The quantitative estimate of drug-likeness (QED) is 0.804. The number of H-pyrrole nitrogens is 1. The Kier molecular flexibility index (Phi) is 3.10. The minimum absolute atomic E-state index is 0.00560. The van der Waals surface area contributed by atoms with Gasteiger partial charge in [-0.15, -0.1) is 0 Å². The molecule has 16 heavy (non-hydrogen) atoms. The van der Waals surface area contributed by atoms with Gasteiger partial charge in [0.1, 0.15) is 5.82 Å². The van der Waals surface area contributed by atoms with Crippen LogP contribution >= 0.6 is 0 Å². The van der Waals surface area contributed by atoms with E-state index in [1.807, 2.05) is 13.8 Å². The van der Waals surface area contributed by atoms with Gasteiger partial charge >= 0.3 is 0 Å². The molecule has 1 fully saturated rings. The third-order valence-corrected chi connectivity index (χ3v) is 2.97. The zero-order valence-electron chi connectivity index (χ0n) is 9.92. The molecule has 0 bridgehead atoms. The van der Waals surface area contributed by atoms with Crippen molar-refractivity contribution in [2.45, 2.75) is 44.9 Å². The number of hydrogen-bond acceptors (Lipinski definition) is 3. The van der Waals surface area contributed by atoms with E-state index in [-0.39, 0.29) is 11.5 Å². The van der Waals surface area contributed by atoms with Crippen LogP contribution in [0.1, 0.15) is 55.6 Å². The summed E-state index contributed by atoms with van der Waals surface area (Å²) in [5.41, 5.74) is 7.34. The molecule has 0 saturated heterocycles. The van der Waals surface area contributed by atoms with E-state index in [4.69, 9.17) is 5.73 Å². The molecule has 1 aromatic heterocycles. The molecule has 1 aliphatic rings. The van der Waals surface area contributed by atoms with Crippen LogP contribution in [0.15, 0.2) is 4.79 Å². The summed E-state index contributed by atoms with van der Waals surface area (Å²) >= 11 is 0. The highest BCUT2D eigenvalue weighted by molar-refractivity contribution is 5.26. The van der Waals surface area contributed by atoms with Crippen LogP contribution in [0.3, 0.4) is 0 Å². The number of nitrogens with zero attached hydrogens (tertiary/aromatic N) is 1. The lowest BCUT2D eigenvalue weighted by atomic mass is 10.1. The Morgan fingerprint density at radius 3 is 2.69 bits per heavy atom. The zero-order chi connectivity index (χ0) is 11.7. The molecule has 88 valence electrons. The topological polar surface area (TPSA) is 71.8 Å². The Morgan fingerprint density at radius 1 is 1.50 bits per heavy atom. The molecule has 2 rings (SSSR count). The predicted octanol–water partition coefficient (Wildman–Crippen LogP) is 1.27. The molecular formula is C12H19N3O. The third-order valence-electron chi connectivity index (χ3n) is 2.97. The smallest absolute Gasteiger partial charge is 0.254 e. The number of aromatic amines is 1. The summed E-state index contributed by atoms with van der Waals surface area (Å²) < 4.78 is 0. The molecule has 0 aromatic carbocycles. The van der Waals surface area contributed by atoms with Gasteiger partial charge in [-0.05, 0) is 25.8 Å². The number of rotatable bonds is 4. The van der Waals surface area contributed by atoms with Gasteiger partial charge in [0, 0.05) is 17.4 Å². The van der Waals surface area contributed by atoms with Crippen molar-refractivity contribution in [2.75, 3.05) is 6.54 Å². The second kappa shape index (κ2) is 4.37. The van der Waals surface area contributed by atoms with E-state index in [2.05, 4.69) is 9.97 Å². The summed E-state index contributed by atoms with van der Waals surface area (Å²) in [5.74, 6) is 1.56. The van der Waals surface area contributed by atoms with E-state index in [9.17, 15) is 4.79 Å². The van der Waals surface area contributed by atoms with Crippen molar-refractivity contribution >= 4 is 0 Å². The van der Waals surface area contributed by atoms with Crippen molar-refractivity contribution in [3.8, 4) is 0 Å². The summed E-state index contributed by atoms with van der Waals surface area (Å²) in [5, 5.41) is 0. The van der Waals surface area contributed by atoms with Crippen molar-refractivity contribution in [1.82, 2.24) is 9.97 Å². The SMILES string of the molecule is CC(C)c1nc(C2CC2)c(CCN)c(=O)[nH]1. The van der Waals surface area contributed by atoms with E-state index in [0.29, 0.717) is 18.9 Å². The molecule has 0 spiro atoms. The number of aromatic nitrogens is 2. The van der Waals surface area contributed by atoms with Gasteiger partial charge in [-0.2, -0.15) is 0 Å². The molecule has 3 N–H and O–H groups in total. The van der Waals surface area contributed by atoms with E-state index in [1.54, 1.807) is 0 Å². The first-order chi connectivity index (χ1) is 7.63. The Bertz CT molecular complexity index is 432. The molecule has 1 aliphatic carbocycles.